The largest absolute Gasteiger partial charge is 0.447 e. The van der Waals surface area contributed by atoms with Crippen molar-refractivity contribution in [1.29, 1.82) is 0 Å². The van der Waals surface area contributed by atoms with Gasteiger partial charge in [-0.1, -0.05) is 11.6 Å². The molecule has 3 rings (SSSR count). The summed E-state index contributed by atoms with van der Waals surface area (Å²) in [4.78, 5) is 8.16. The monoisotopic (exact) mass is 265 g/mol. The highest BCUT2D eigenvalue weighted by Gasteiger charge is 2.08. The molecule has 0 amide bonds. The number of nitrogens with zero attached hydrogens (tertiary/aromatic N) is 2. The number of aromatic nitrogens is 2. The number of nitrogens with one attached hydrogen (secondary N) is 1. The van der Waals surface area contributed by atoms with E-state index in [0.29, 0.717) is 11.6 Å². The van der Waals surface area contributed by atoms with E-state index < -0.39 is 0 Å². The highest BCUT2D eigenvalue weighted by Crippen LogP contribution is 2.32. The predicted molar refractivity (Wildman–Crippen MR) is 68.5 cm³/mol. The van der Waals surface area contributed by atoms with Crippen molar-refractivity contribution in [2.24, 2.45) is 0 Å². The van der Waals surface area contributed by atoms with E-state index in [1.54, 1.807) is 23.0 Å². The van der Waals surface area contributed by atoms with Crippen LogP contribution in [0.1, 0.15) is 5.76 Å². The molecule has 0 radical (unpaired) electrons. The number of halogens is 1. The lowest BCUT2D eigenvalue weighted by Crippen LogP contribution is -1.99. The highest BCUT2D eigenvalue weighted by molar-refractivity contribution is 7.16. The van der Waals surface area contributed by atoms with E-state index in [9.17, 15) is 0 Å². The van der Waals surface area contributed by atoms with Crippen molar-refractivity contribution in [1.82, 2.24) is 9.97 Å². The van der Waals surface area contributed by atoms with Crippen molar-refractivity contribution >= 4 is 38.8 Å². The Morgan fingerprint density at radius 3 is 3.18 bits per heavy atom. The van der Waals surface area contributed by atoms with Gasteiger partial charge in [-0.15, -0.1) is 11.3 Å². The van der Waals surface area contributed by atoms with E-state index in [2.05, 4.69) is 15.3 Å². The summed E-state index contributed by atoms with van der Waals surface area (Å²) in [5.74, 6) is 0.758. The molecule has 0 saturated heterocycles. The first-order valence-corrected chi connectivity index (χ1v) is 6.23. The number of fused-ring (bicyclic) bond motifs is 1. The van der Waals surface area contributed by atoms with E-state index in [0.717, 1.165) is 21.7 Å². The van der Waals surface area contributed by atoms with Gasteiger partial charge >= 0.3 is 0 Å². The first-order chi connectivity index (χ1) is 8.34. The lowest BCUT2D eigenvalue weighted by molar-refractivity contribution is 0.512. The normalized spacial score (nSPS) is 10.9. The number of hydrogen-bond acceptors (Lipinski definition) is 5. The molecule has 1 N–H and O–H groups in total. The molecule has 4 nitrogen and oxygen atoms in total. The van der Waals surface area contributed by atoms with Crippen LogP contribution in [-0.2, 0) is 6.54 Å². The highest BCUT2D eigenvalue weighted by atomic mass is 35.5. The molecule has 1 aromatic carbocycles. The van der Waals surface area contributed by atoms with Gasteiger partial charge in [-0.25, -0.2) is 9.97 Å². The number of oxazole rings is 1. The second kappa shape index (κ2) is 4.35. The van der Waals surface area contributed by atoms with Crippen LogP contribution in [0.15, 0.2) is 34.7 Å². The molecule has 0 aliphatic heterocycles. The van der Waals surface area contributed by atoms with Gasteiger partial charge in [0.1, 0.15) is 11.3 Å². The number of anilines is 1. The maximum atomic E-state index is 6.16. The van der Waals surface area contributed by atoms with Gasteiger partial charge in [-0.2, -0.15) is 0 Å². The summed E-state index contributed by atoms with van der Waals surface area (Å²) in [7, 11) is 0. The maximum Gasteiger partial charge on any atom is 0.180 e. The van der Waals surface area contributed by atoms with Crippen molar-refractivity contribution in [3.8, 4) is 0 Å². The fraction of sp³-hybridized carbons (Fsp3) is 0.0909. The molecule has 0 bridgehead atoms. The molecule has 0 aliphatic rings. The van der Waals surface area contributed by atoms with Crippen LogP contribution in [0.5, 0.6) is 0 Å². The van der Waals surface area contributed by atoms with Gasteiger partial charge in [0.15, 0.2) is 6.39 Å². The Morgan fingerprint density at radius 1 is 1.41 bits per heavy atom. The minimum atomic E-state index is 0.538. The molecular formula is C11H8ClN3OS. The Labute approximate surface area is 106 Å². The first kappa shape index (κ1) is 10.6. The number of benzene rings is 1. The van der Waals surface area contributed by atoms with E-state index >= 15 is 0 Å². The third-order valence-corrected chi connectivity index (χ3v) is 3.48. The number of rotatable bonds is 3. The van der Waals surface area contributed by atoms with Crippen LogP contribution in [-0.4, -0.2) is 9.97 Å². The molecule has 0 fully saturated rings. The Kier molecular flexibility index (Phi) is 2.70. The number of hydrogen-bond donors (Lipinski definition) is 1. The van der Waals surface area contributed by atoms with E-state index in [4.69, 9.17) is 16.0 Å². The molecule has 3 aromatic rings. The summed E-state index contributed by atoms with van der Waals surface area (Å²) in [6.07, 6.45) is 3.07. The fourth-order valence-electron chi connectivity index (χ4n) is 1.58. The summed E-state index contributed by atoms with van der Waals surface area (Å²) < 4.78 is 6.26. The van der Waals surface area contributed by atoms with Crippen LogP contribution in [0.2, 0.25) is 5.02 Å². The zero-order chi connectivity index (χ0) is 11.7. The third kappa shape index (κ3) is 1.99. The Morgan fingerprint density at radius 2 is 2.35 bits per heavy atom. The molecule has 2 heterocycles. The van der Waals surface area contributed by atoms with Gasteiger partial charge in [-0.05, 0) is 12.1 Å². The smallest absolute Gasteiger partial charge is 0.180 e. The van der Waals surface area contributed by atoms with Crippen LogP contribution >= 0.6 is 22.9 Å². The lowest BCUT2D eigenvalue weighted by atomic mass is 10.3. The second-order valence-electron chi connectivity index (χ2n) is 3.44. The maximum absolute atomic E-state index is 6.16. The topological polar surface area (TPSA) is 51.0 Å². The van der Waals surface area contributed by atoms with Gasteiger partial charge in [0.05, 0.1) is 33.7 Å². The van der Waals surface area contributed by atoms with Crippen LogP contribution in [0, 0.1) is 0 Å². The predicted octanol–water partition coefficient (Wildman–Crippen LogP) is 3.55. The molecule has 0 unspecified atom stereocenters. The summed E-state index contributed by atoms with van der Waals surface area (Å²) in [6, 6.07) is 3.83. The van der Waals surface area contributed by atoms with E-state index in [1.165, 1.54) is 6.39 Å². The zero-order valence-electron chi connectivity index (χ0n) is 8.68. The molecule has 86 valence electrons. The van der Waals surface area contributed by atoms with Gasteiger partial charge in [0.2, 0.25) is 0 Å². The third-order valence-electron chi connectivity index (χ3n) is 2.37. The molecule has 0 aliphatic carbocycles. The van der Waals surface area contributed by atoms with Crippen molar-refractivity contribution in [2.45, 2.75) is 6.54 Å². The fourth-order valence-corrected chi connectivity index (χ4v) is 2.48. The van der Waals surface area contributed by atoms with Crippen molar-refractivity contribution in [3.05, 3.63) is 41.0 Å². The summed E-state index contributed by atoms with van der Waals surface area (Å²) in [5, 5.41) is 3.88. The van der Waals surface area contributed by atoms with E-state index in [1.807, 2.05) is 12.1 Å². The summed E-state index contributed by atoms with van der Waals surface area (Å²) >= 11 is 7.74. The van der Waals surface area contributed by atoms with Crippen molar-refractivity contribution < 1.29 is 4.42 Å². The summed E-state index contributed by atoms with van der Waals surface area (Å²) in [6.45, 7) is 0.538. The SMILES string of the molecule is Clc1ccc2scnc2c1NCc1cnco1. The molecule has 0 saturated carbocycles. The average Bonchev–Trinajstić information content (AvgIpc) is 2.97. The Balaban J connectivity index is 1.93. The van der Waals surface area contributed by atoms with Crippen LogP contribution in [0.25, 0.3) is 10.2 Å². The molecule has 6 heteroatoms. The minimum absolute atomic E-state index is 0.538. The van der Waals surface area contributed by atoms with Crippen LogP contribution in [0.3, 0.4) is 0 Å². The van der Waals surface area contributed by atoms with Gasteiger partial charge in [0, 0.05) is 0 Å². The quantitative estimate of drug-likeness (QED) is 0.787. The van der Waals surface area contributed by atoms with Crippen molar-refractivity contribution in [2.75, 3.05) is 5.32 Å². The molecule has 17 heavy (non-hydrogen) atoms. The first-order valence-electron chi connectivity index (χ1n) is 4.97. The zero-order valence-corrected chi connectivity index (χ0v) is 10.3. The molecular weight excluding hydrogens is 258 g/mol. The Bertz CT molecular complexity index is 635. The van der Waals surface area contributed by atoms with E-state index in [-0.39, 0.29) is 0 Å². The van der Waals surface area contributed by atoms with Gasteiger partial charge in [-0.3, -0.25) is 0 Å². The van der Waals surface area contributed by atoms with Crippen LogP contribution in [0.4, 0.5) is 5.69 Å². The number of thiazole rings is 1. The minimum Gasteiger partial charge on any atom is -0.447 e. The van der Waals surface area contributed by atoms with Gasteiger partial charge < -0.3 is 9.73 Å². The molecule has 0 spiro atoms. The van der Waals surface area contributed by atoms with Crippen LogP contribution < -0.4 is 5.32 Å². The molecule has 0 atom stereocenters. The van der Waals surface area contributed by atoms with Gasteiger partial charge in [0.25, 0.3) is 0 Å². The standard InChI is InChI=1S/C11H8ClN3OS/c12-8-1-2-9-11(15-6-17-9)10(8)14-4-7-3-13-5-16-7/h1-3,5-6,14H,4H2. The molecule has 2 aromatic heterocycles. The van der Waals surface area contributed by atoms with Crippen molar-refractivity contribution in [3.63, 3.8) is 0 Å². The summed E-state index contributed by atoms with van der Waals surface area (Å²) in [5.41, 5.74) is 3.53. The Hall–Kier alpha value is -1.59. The second-order valence-corrected chi connectivity index (χ2v) is 4.74. The average molecular weight is 266 g/mol. The lowest BCUT2D eigenvalue weighted by Gasteiger charge is -2.07.